The molecule has 0 aliphatic carbocycles. The van der Waals surface area contributed by atoms with Crippen LogP contribution < -0.4 is 20.1 Å². The number of benzene rings is 2. The zero-order valence-electron chi connectivity index (χ0n) is 19.0. The van der Waals surface area contributed by atoms with Gasteiger partial charge < -0.3 is 19.9 Å². The van der Waals surface area contributed by atoms with Crippen LogP contribution in [0, 0.1) is 25.7 Å². The second kappa shape index (κ2) is 7.04. The van der Waals surface area contributed by atoms with Gasteiger partial charge in [-0.15, -0.1) is 0 Å². The van der Waals surface area contributed by atoms with Gasteiger partial charge in [0.15, 0.2) is 11.5 Å². The molecule has 9 nitrogen and oxygen atoms in total. The Labute approximate surface area is 196 Å². The van der Waals surface area contributed by atoms with E-state index in [-0.39, 0.29) is 19.2 Å². The molecule has 1 spiro atoms. The number of anilines is 1. The van der Waals surface area contributed by atoms with Crippen LogP contribution in [0.15, 0.2) is 30.3 Å². The molecular formula is C25H25N3O6. The van der Waals surface area contributed by atoms with E-state index >= 15 is 0 Å². The molecule has 6 rings (SSSR count). The Morgan fingerprint density at radius 3 is 2.65 bits per heavy atom. The van der Waals surface area contributed by atoms with Crippen molar-refractivity contribution >= 4 is 23.4 Å². The van der Waals surface area contributed by atoms with Crippen molar-refractivity contribution in [3.8, 4) is 11.5 Å². The van der Waals surface area contributed by atoms with Crippen molar-refractivity contribution in [2.75, 3.05) is 12.1 Å². The highest BCUT2D eigenvalue weighted by Gasteiger charge is 2.71. The summed E-state index contributed by atoms with van der Waals surface area (Å²) in [7, 11) is 0. The van der Waals surface area contributed by atoms with E-state index in [4.69, 9.17) is 9.47 Å². The molecule has 34 heavy (non-hydrogen) atoms. The summed E-state index contributed by atoms with van der Waals surface area (Å²) >= 11 is 0. The number of likely N-dealkylation sites (tertiary alicyclic amines) is 1. The number of ether oxygens (including phenoxy) is 2. The number of carbonyl (C=O) groups excluding carboxylic acids is 3. The van der Waals surface area contributed by atoms with Crippen LogP contribution in [0.1, 0.15) is 29.2 Å². The number of hydrogen-bond acceptors (Lipinski definition) is 7. The van der Waals surface area contributed by atoms with Crippen molar-refractivity contribution in [1.29, 1.82) is 0 Å². The number of carbonyl (C=O) groups is 3. The van der Waals surface area contributed by atoms with Gasteiger partial charge in [0.1, 0.15) is 5.54 Å². The fraction of sp³-hybridized carbons (Fsp3) is 0.400. The van der Waals surface area contributed by atoms with Crippen LogP contribution in [-0.4, -0.2) is 46.7 Å². The topological polar surface area (TPSA) is 117 Å². The zero-order valence-corrected chi connectivity index (χ0v) is 19.0. The molecule has 2 fully saturated rings. The molecular weight excluding hydrogens is 438 g/mol. The molecule has 0 saturated carbocycles. The van der Waals surface area contributed by atoms with E-state index < -0.39 is 41.3 Å². The molecule has 2 aromatic rings. The normalized spacial score (nSPS) is 29.6. The monoisotopic (exact) mass is 463 g/mol. The highest BCUT2D eigenvalue weighted by atomic mass is 16.7. The van der Waals surface area contributed by atoms with Crippen molar-refractivity contribution in [2.24, 2.45) is 11.8 Å². The van der Waals surface area contributed by atoms with Crippen LogP contribution in [0.3, 0.4) is 0 Å². The first-order valence-corrected chi connectivity index (χ1v) is 11.4. The lowest BCUT2D eigenvalue weighted by Gasteiger charge is -2.30. The maximum atomic E-state index is 13.8. The fourth-order valence-electron chi connectivity index (χ4n) is 5.90. The van der Waals surface area contributed by atoms with E-state index in [0.29, 0.717) is 28.3 Å². The molecule has 0 radical (unpaired) electrons. The zero-order chi connectivity index (χ0) is 23.9. The molecule has 4 heterocycles. The first kappa shape index (κ1) is 21.1. The van der Waals surface area contributed by atoms with E-state index in [1.807, 2.05) is 26.0 Å². The number of rotatable bonds is 3. The SMILES string of the molecule is Cc1ccc2c(c1C)NC(=O)[C@]21N[C@H]([C@H](C)O)[C@H]2C(=O)N(Cc3ccc4c(c3)OCO4)C(=O)[C@H]21. The van der Waals surface area contributed by atoms with Crippen molar-refractivity contribution in [3.05, 3.63) is 52.6 Å². The van der Waals surface area contributed by atoms with Gasteiger partial charge in [-0.1, -0.05) is 18.2 Å². The molecule has 3 amide bonds. The number of fused-ring (bicyclic) bond motifs is 5. The molecule has 4 aliphatic heterocycles. The van der Waals surface area contributed by atoms with Gasteiger partial charge in [0, 0.05) is 17.3 Å². The van der Waals surface area contributed by atoms with Gasteiger partial charge in [0.05, 0.1) is 24.5 Å². The average Bonchev–Trinajstić information content (AvgIpc) is 3.53. The second-order valence-corrected chi connectivity index (χ2v) is 9.56. The predicted molar refractivity (Wildman–Crippen MR) is 120 cm³/mol. The Morgan fingerprint density at radius 1 is 1.12 bits per heavy atom. The van der Waals surface area contributed by atoms with Gasteiger partial charge in [-0.05, 0) is 49.6 Å². The lowest BCUT2D eigenvalue weighted by atomic mass is 9.76. The average molecular weight is 463 g/mol. The van der Waals surface area contributed by atoms with Crippen molar-refractivity contribution in [2.45, 2.75) is 45.0 Å². The van der Waals surface area contributed by atoms with Crippen LogP contribution >= 0.6 is 0 Å². The van der Waals surface area contributed by atoms with Crippen molar-refractivity contribution in [3.63, 3.8) is 0 Å². The molecule has 0 unspecified atom stereocenters. The summed E-state index contributed by atoms with van der Waals surface area (Å²) in [6.07, 6.45) is -0.947. The minimum atomic E-state index is -1.42. The van der Waals surface area contributed by atoms with Crippen LogP contribution in [0.5, 0.6) is 11.5 Å². The van der Waals surface area contributed by atoms with Gasteiger partial charge in [-0.3, -0.25) is 24.6 Å². The van der Waals surface area contributed by atoms with Gasteiger partial charge in [0.2, 0.25) is 24.5 Å². The third kappa shape index (κ3) is 2.59. The van der Waals surface area contributed by atoms with Gasteiger partial charge in [0.25, 0.3) is 0 Å². The molecule has 2 saturated heterocycles. The van der Waals surface area contributed by atoms with Crippen LogP contribution in [0.2, 0.25) is 0 Å². The molecule has 0 aromatic heterocycles. The minimum Gasteiger partial charge on any atom is -0.454 e. The van der Waals surface area contributed by atoms with E-state index in [0.717, 1.165) is 11.1 Å². The van der Waals surface area contributed by atoms with Crippen LogP contribution in [-0.2, 0) is 26.5 Å². The Balaban J connectivity index is 1.43. The third-order valence-electron chi connectivity index (χ3n) is 7.74. The lowest BCUT2D eigenvalue weighted by Crippen LogP contribution is -2.54. The van der Waals surface area contributed by atoms with Gasteiger partial charge in [-0.25, -0.2) is 0 Å². The molecule has 0 bridgehead atoms. The number of aryl methyl sites for hydroxylation is 1. The predicted octanol–water partition coefficient (Wildman–Crippen LogP) is 1.33. The summed E-state index contributed by atoms with van der Waals surface area (Å²) in [6.45, 7) is 5.61. The lowest BCUT2D eigenvalue weighted by molar-refractivity contribution is -0.143. The Morgan fingerprint density at radius 2 is 1.88 bits per heavy atom. The Bertz CT molecular complexity index is 1270. The maximum Gasteiger partial charge on any atom is 0.250 e. The van der Waals surface area contributed by atoms with Gasteiger partial charge >= 0.3 is 0 Å². The highest BCUT2D eigenvalue weighted by molar-refractivity contribution is 6.15. The van der Waals surface area contributed by atoms with E-state index in [9.17, 15) is 19.5 Å². The number of aliphatic hydroxyl groups is 1. The molecule has 3 N–H and O–H groups in total. The second-order valence-electron chi connectivity index (χ2n) is 9.56. The smallest absolute Gasteiger partial charge is 0.250 e. The number of imide groups is 1. The highest BCUT2D eigenvalue weighted by Crippen LogP contribution is 2.54. The summed E-state index contributed by atoms with van der Waals surface area (Å²) in [5.74, 6) is -1.84. The summed E-state index contributed by atoms with van der Waals surface area (Å²) in [4.78, 5) is 42.1. The standard InChI is InChI=1S/C25H25N3O6/c1-11-4-6-15-20(12(11)2)26-24(32)25(15)19-18(21(27-25)13(3)29)22(30)28(23(19)31)9-14-5-7-16-17(8-14)34-10-33-16/h4-8,13,18-19,21,27,29H,9-10H2,1-3H3,(H,26,32)/t13-,18-,19-,21+,25-/m0/s1. The van der Waals surface area contributed by atoms with Crippen molar-refractivity contribution in [1.82, 2.24) is 10.2 Å². The van der Waals surface area contributed by atoms with Crippen molar-refractivity contribution < 1.29 is 29.0 Å². The number of aliphatic hydroxyl groups excluding tert-OH is 1. The van der Waals surface area contributed by atoms with E-state index in [1.54, 1.807) is 25.1 Å². The maximum absolute atomic E-state index is 13.8. The van der Waals surface area contributed by atoms with Gasteiger partial charge in [-0.2, -0.15) is 0 Å². The molecule has 176 valence electrons. The molecule has 2 aromatic carbocycles. The first-order valence-electron chi connectivity index (χ1n) is 11.4. The summed E-state index contributed by atoms with van der Waals surface area (Å²) < 4.78 is 10.8. The molecule has 9 heteroatoms. The largest absolute Gasteiger partial charge is 0.454 e. The van der Waals surface area contributed by atoms with Crippen LogP contribution in [0.25, 0.3) is 0 Å². The third-order valence-corrected chi connectivity index (χ3v) is 7.74. The number of amides is 3. The number of nitrogens with one attached hydrogen (secondary N) is 2. The Hall–Kier alpha value is -3.43. The summed E-state index contributed by atoms with van der Waals surface area (Å²) in [6, 6.07) is 8.28. The molecule has 4 aliphatic rings. The molecule has 5 atom stereocenters. The Kier molecular flexibility index (Phi) is 4.37. The van der Waals surface area contributed by atoms with E-state index in [2.05, 4.69) is 10.6 Å². The summed E-state index contributed by atoms with van der Waals surface area (Å²) in [5.41, 5.74) is 2.52. The van der Waals surface area contributed by atoms with Crippen LogP contribution in [0.4, 0.5) is 5.69 Å². The minimum absolute atomic E-state index is 0.0469. The quantitative estimate of drug-likeness (QED) is 0.588. The number of hydrogen-bond donors (Lipinski definition) is 3. The van der Waals surface area contributed by atoms with E-state index in [1.165, 1.54) is 4.90 Å². The first-order chi connectivity index (χ1) is 16.2. The number of nitrogens with zero attached hydrogens (tertiary/aromatic N) is 1. The summed E-state index contributed by atoms with van der Waals surface area (Å²) in [5, 5.41) is 16.7. The fourth-order valence-corrected chi connectivity index (χ4v) is 5.90.